The van der Waals surface area contributed by atoms with Gasteiger partial charge in [0.2, 0.25) is 0 Å². The molecule has 0 aromatic carbocycles. The van der Waals surface area contributed by atoms with E-state index in [4.69, 9.17) is 4.42 Å². The summed E-state index contributed by atoms with van der Waals surface area (Å²) >= 11 is 3.02. The van der Waals surface area contributed by atoms with Gasteiger partial charge in [-0.1, -0.05) is 0 Å². The monoisotopic (exact) mass is 255 g/mol. The second-order valence-corrected chi connectivity index (χ2v) is 3.43. The number of pyridine rings is 1. The van der Waals surface area contributed by atoms with Crippen LogP contribution in [0.2, 0.25) is 0 Å². The maximum atomic E-state index is 11.5. The first-order chi connectivity index (χ1) is 6.66. The molecule has 14 heavy (non-hydrogen) atoms. The number of nitrogens with one attached hydrogen (secondary N) is 1. The first kappa shape index (κ1) is 9.14. The van der Waals surface area contributed by atoms with E-state index in [1.54, 1.807) is 13.1 Å². The number of aryl methyl sites for hydroxylation is 1. The highest BCUT2D eigenvalue weighted by Crippen LogP contribution is 2.15. The van der Waals surface area contributed by atoms with Gasteiger partial charge >= 0.3 is 0 Å². The molecule has 5 nitrogen and oxygen atoms in total. The third-order valence-corrected chi connectivity index (χ3v) is 2.01. The molecule has 2 heterocycles. The Morgan fingerprint density at radius 2 is 2.29 bits per heavy atom. The lowest BCUT2D eigenvalue weighted by Crippen LogP contribution is -2.05. The van der Waals surface area contributed by atoms with Crippen LogP contribution in [0.5, 0.6) is 0 Å². The summed E-state index contributed by atoms with van der Waals surface area (Å²) in [6, 6.07) is 1.48. The third kappa shape index (κ3) is 1.60. The van der Waals surface area contributed by atoms with Gasteiger partial charge in [-0.2, -0.15) is 0 Å². The molecule has 0 atom stereocenters. The van der Waals surface area contributed by atoms with E-state index in [9.17, 15) is 4.79 Å². The SMILES string of the molecule is Cc1cc(=O)c(-c2nnc(Br)o2)c[nH]1. The number of aromatic nitrogens is 3. The molecule has 0 aliphatic heterocycles. The highest BCUT2D eigenvalue weighted by Gasteiger charge is 2.10. The van der Waals surface area contributed by atoms with Gasteiger partial charge in [0.15, 0.2) is 5.43 Å². The molecule has 72 valence electrons. The molecule has 0 unspecified atom stereocenters. The van der Waals surface area contributed by atoms with Crippen LogP contribution in [0, 0.1) is 6.92 Å². The van der Waals surface area contributed by atoms with Crippen molar-refractivity contribution in [2.45, 2.75) is 6.92 Å². The van der Waals surface area contributed by atoms with E-state index < -0.39 is 0 Å². The fraction of sp³-hybridized carbons (Fsp3) is 0.125. The van der Waals surface area contributed by atoms with Crippen LogP contribution in [0.3, 0.4) is 0 Å². The standard InChI is InChI=1S/C8H6BrN3O2/c1-4-2-6(13)5(3-10-4)7-11-12-8(9)14-7/h2-3H,1H3,(H,10,13). The summed E-state index contributed by atoms with van der Waals surface area (Å²) in [7, 11) is 0. The van der Waals surface area contributed by atoms with Crippen LogP contribution >= 0.6 is 15.9 Å². The number of hydrogen-bond donors (Lipinski definition) is 1. The molecule has 0 radical (unpaired) electrons. The summed E-state index contributed by atoms with van der Waals surface area (Å²) in [6.45, 7) is 1.80. The van der Waals surface area contributed by atoms with E-state index in [1.165, 1.54) is 6.07 Å². The normalized spacial score (nSPS) is 10.4. The predicted molar refractivity (Wildman–Crippen MR) is 52.8 cm³/mol. The summed E-state index contributed by atoms with van der Waals surface area (Å²) in [6.07, 6.45) is 1.55. The van der Waals surface area contributed by atoms with Gasteiger partial charge in [0.1, 0.15) is 5.56 Å². The van der Waals surface area contributed by atoms with Crippen molar-refractivity contribution in [3.05, 3.63) is 33.0 Å². The van der Waals surface area contributed by atoms with E-state index >= 15 is 0 Å². The van der Waals surface area contributed by atoms with Gasteiger partial charge in [0.05, 0.1) is 0 Å². The molecule has 0 fully saturated rings. The van der Waals surface area contributed by atoms with Crippen molar-refractivity contribution in [3.63, 3.8) is 0 Å². The van der Waals surface area contributed by atoms with Crippen molar-refractivity contribution in [3.8, 4) is 11.5 Å². The van der Waals surface area contributed by atoms with Crippen molar-refractivity contribution < 1.29 is 4.42 Å². The minimum absolute atomic E-state index is 0.141. The first-order valence-electron chi connectivity index (χ1n) is 3.85. The van der Waals surface area contributed by atoms with Gasteiger partial charge in [0.25, 0.3) is 10.7 Å². The van der Waals surface area contributed by atoms with Crippen molar-refractivity contribution in [2.75, 3.05) is 0 Å². The second-order valence-electron chi connectivity index (χ2n) is 2.75. The van der Waals surface area contributed by atoms with Crippen LogP contribution in [0.4, 0.5) is 0 Å². The molecule has 2 aromatic heterocycles. The smallest absolute Gasteiger partial charge is 0.285 e. The maximum Gasteiger partial charge on any atom is 0.285 e. The zero-order chi connectivity index (χ0) is 10.1. The molecule has 0 saturated heterocycles. The van der Waals surface area contributed by atoms with Crippen molar-refractivity contribution in [2.24, 2.45) is 0 Å². The van der Waals surface area contributed by atoms with Crippen LogP contribution in [-0.2, 0) is 0 Å². The van der Waals surface area contributed by atoms with Gasteiger partial charge in [-0.05, 0) is 6.92 Å². The number of halogens is 1. The molecular formula is C8H6BrN3O2. The molecular weight excluding hydrogens is 250 g/mol. The Bertz CT molecular complexity index is 517. The summed E-state index contributed by atoms with van der Waals surface area (Å²) in [5, 5.41) is 7.30. The zero-order valence-corrected chi connectivity index (χ0v) is 8.83. The molecule has 0 spiro atoms. The molecule has 0 saturated carbocycles. The van der Waals surface area contributed by atoms with Gasteiger partial charge in [-0.15, -0.1) is 10.2 Å². The van der Waals surface area contributed by atoms with Crippen molar-refractivity contribution >= 4 is 15.9 Å². The fourth-order valence-electron chi connectivity index (χ4n) is 1.05. The highest BCUT2D eigenvalue weighted by molar-refractivity contribution is 9.10. The zero-order valence-electron chi connectivity index (χ0n) is 7.24. The maximum absolute atomic E-state index is 11.5. The quantitative estimate of drug-likeness (QED) is 0.839. The lowest BCUT2D eigenvalue weighted by molar-refractivity contribution is 0.539. The predicted octanol–water partition coefficient (Wildman–Crippen LogP) is 1.50. The van der Waals surface area contributed by atoms with E-state index in [2.05, 4.69) is 31.1 Å². The van der Waals surface area contributed by atoms with E-state index in [1.807, 2.05) is 0 Å². The number of nitrogens with zero attached hydrogens (tertiary/aromatic N) is 2. The Balaban J connectivity index is 2.57. The first-order valence-corrected chi connectivity index (χ1v) is 4.65. The fourth-order valence-corrected chi connectivity index (χ4v) is 1.29. The average molecular weight is 256 g/mol. The lowest BCUT2D eigenvalue weighted by Gasteiger charge is -1.94. The summed E-state index contributed by atoms with van der Waals surface area (Å²) in [5.74, 6) is 0.207. The van der Waals surface area contributed by atoms with Crippen LogP contribution in [0.1, 0.15) is 5.69 Å². The largest absolute Gasteiger partial charge is 0.411 e. The minimum Gasteiger partial charge on any atom is -0.411 e. The molecule has 6 heteroatoms. The Morgan fingerprint density at radius 3 is 2.86 bits per heavy atom. The summed E-state index contributed by atoms with van der Waals surface area (Å²) < 4.78 is 5.06. The topological polar surface area (TPSA) is 71.8 Å². The van der Waals surface area contributed by atoms with E-state index in [0.29, 0.717) is 5.56 Å². The Hall–Kier alpha value is -1.43. The van der Waals surface area contributed by atoms with Crippen LogP contribution in [-0.4, -0.2) is 15.2 Å². The number of rotatable bonds is 1. The number of aromatic amines is 1. The van der Waals surface area contributed by atoms with E-state index in [-0.39, 0.29) is 16.1 Å². The Kier molecular flexibility index (Phi) is 2.20. The van der Waals surface area contributed by atoms with E-state index in [0.717, 1.165) is 5.69 Å². The Labute approximate surface area is 87.3 Å². The van der Waals surface area contributed by atoms with Crippen molar-refractivity contribution in [1.82, 2.24) is 15.2 Å². The highest BCUT2D eigenvalue weighted by atomic mass is 79.9. The molecule has 1 N–H and O–H groups in total. The molecule has 2 rings (SSSR count). The van der Waals surface area contributed by atoms with Crippen LogP contribution in [0.15, 0.2) is 26.3 Å². The van der Waals surface area contributed by atoms with Gasteiger partial charge in [0, 0.05) is 33.9 Å². The lowest BCUT2D eigenvalue weighted by atomic mass is 10.2. The molecule has 0 aliphatic rings. The summed E-state index contributed by atoms with van der Waals surface area (Å²) in [4.78, 5) is 14.6. The molecule has 2 aromatic rings. The average Bonchev–Trinajstić information content (AvgIpc) is 2.51. The number of H-pyrrole nitrogens is 1. The summed E-state index contributed by atoms with van der Waals surface area (Å²) in [5.41, 5.74) is 1.02. The molecule has 0 bridgehead atoms. The van der Waals surface area contributed by atoms with Gasteiger partial charge in [-0.25, -0.2) is 0 Å². The second kappa shape index (κ2) is 3.38. The van der Waals surface area contributed by atoms with Gasteiger partial charge in [-0.3, -0.25) is 4.79 Å². The third-order valence-electron chi connectivity index (χ3n) is 1.69. The van der Waals surface area contributed by atoms with Crippen LogP contribution < -0.4 is 5.43 Å². The minimum atomic E-state index is -0.141. The number of hydrogen-bond acceptors (Lipinski definition) is 4. The van der Waals surface area contributed by atoms with Crippen molar-refractivity contribution in [1.29, 1.82) is 0 Å². The molecule has 0 aliphatic carbocycles. The van der Waals surface area contributed by atoms with Gasteiger partial charge < -0.3 is 9.40 Å². The Morgan fingerprint density at radius 1 is 1.50 bits per heavy atom. The molecule has 0 amide bonds. The van der Waals surface area contributed by atoms with Crippen LogP contribution in [0.25, 0.3) is 11.5 Å².